The number of hydrogen-bond donors (Lipinski definition) is 3. The van der Waals surface area contributed by atoms with Crippen LogP contribution < -0.4 is 0 Å². The molecule has 0 aliphatic rings. The van der Waals surface area contributed by atoms with Crippen molar-refractivity contribution in [3.63, 3.8) is 0 Å². The van der Waals surface area contributed by atoms with E-state index < -0.39 is 7.82 Å². The van der Waals surface area contributed by atoms with E-state index in [9.17, 15) is 0 Å². The van der Waals surface area contributed by atoms with E-state index in [1.54, 1.807) is 0 Å². The van der Waals surface area contributed by atoms with Crippen molar-refractivity contribution in [3.05, 3.63) is 29.6 Å². The van der Waals surface area contributed by atoms with Crippen LogP contribution in [0.15, 0.2) is 18.5 Å². The minimum atomic E-state index is -4.64. The molecule has 0 radical (unpaired) electrons. The molecule has 0 saturated carbocycles. The van der Waals surface area contributed by atoms with Gasteiger partial charge in [0.05, 0.1) is 0 Å². The molecule has 0 atom stereocenters. The fourth-order valence-corrected chi connectivity index (χ4v) is 0.706. The lowest BCUT2D eigenvalue weighted by atomic mass is 10.2. The summed E-state index contributed by atoms with van der Waals surface area (Å²) in [5.74, 6) is 0. The molecule has 6 heteroatoms. The Labute approximate surface area is 76.3 Å². The van der Waals surface area contributed by atoms with Crippen LogP contribution in [-0.4, -0.2) is 19.7 Å². The van der Waals surface area contributed by atoms with Crippen molar-refractivity contribution >= 4 is 7.82 Å². The zero-order chi connectivity index (χ0) is 10.5. The number of phosphoric acid groups is 1. The first-order valence-corrected chi connectivity index (χ1v) is 5.02. The Kier molecular flexibility index (Phi) is 4.80. The average Bonchev–Trinajstić information content (AvgIpc) is 1.81. The monoisotopic (exact) mass is 205 g/mol. The molecule has 0 bridgehead atoms. The maximum atomic E-state index is 8.88. The zero-order valence-electron chi connectivity index (χ0n) is 7.38. The predicted molar refractivity (Wildman–Crippen MR) is 48.0 cm³/mol. The summed E-state index contributed by atoms with van der Waals surface area (Å²) in [7, 11) is -4.64. The van der Waals surface area contributed by atoms with Gasteiger partial charge in [-0.25, -0.2) is 4.57 Å². The second-order valence-electron chi connectivity index (χ2n) is 2.55. The van der Waals surface area contributed by atoms with Crippen LogP contribution in [0.1, 0.15) is 11.1 Å². The van der Waals surface area contributed by atoms with E-state index in [1.165, 1.54) is 11.1 Å². The number of pyridine rings is 1. The average molecular weight is 205 g/mol. The van der Waals surface area contributed by atoms with Crippen LogP contribution in [-0.2, 0) is 4.57 Å². The molecule has 0 aromatic carbocycles. The topological polar surface area (TPSA) is 90.7 Å². The van der Waals surface area contributed by atoms with Crippen LogP contribution in [0.5, 0.6) is 0 Å². The standard InChI is InChI=1S/C7H9N.H3O4P/c1-6-3-7(2)5-8-4-6;1-5(2,3)4/h3-5H,1-2H3;(H3,1,2,3,4). The van der Waals surface area contributed by atoms with Crippen LogP contribution in [0.4, 0.5) is 0 Å². The summed E-state index contributed by atoms with van der Waals surface area (Å²) in [5, 5.41) is 0. The van der Waals surface area contributed by atoms with Gasteiger partial charge in [-0.05, 0) is 25.0 Å². The molecule has 0 aliphatic heterocycles. The van der Waals surface area contributed by atoms with Crippen molar-refractivity contribution in [1.82, 2.24) is 4.98 Å². The lowest BCUT2D eigenvalue weighted by molar-refractivity contribution is 0.275. The molecule has 1 aromatic rings. The number of hydrogen-bond acceptors (Lipinski definition) is 2. The second kappa shape index (κ2) is 5.09. The number of rotatable bonds is 0. The third-order valence-electron chi connectivity index (χ3n) is 1.01. The van der Waals surface area contributed by atoms with Gasteiger partial charge in [-0.2, -0.15) is 0 Å². The van der Waals surface area contributed by atoms with Crippen molar-refractivity contribution < 1.29 is 19.2 Å². The van der Waals surface area contributed by atoms with Gasteiger partial charge in [-0.15, -0.1) is 0 Å². The van der Waals surface area contributed by atoms with Crippen molar-refractivity contribution in [1.29, 1.82) is 0 Å². The van der Waals surface area contributed by atoms with Crippen LogP contribution in [0.25, 0.3) is 0 Å². The summed E-state index contributed by atoms with van der Waals surface area (Å²) in [6, 6.07) is 2.10. The number of aryl methyl sites for hydroxylation is 2. The van der Waals surface area contributed by atoms with Gasteiger partial charge in [0, 0.05) is 12.4 Å². The molecule has 0 amide bonds. The van der Waals surface area contributed by atoms with Crippen molar-refractivity contribution in [2.24, 2.45) is 0 Å². The van der Waals surface area contributed by atoms with Crippen molar-refractivity contribution in [2.45, 2.75) is 13.8 Å². The van der Waals surface area contributed by atoms with Crippen LogP contribution in [0, 0.1) is 13.8 Å². The SMILES string of the molecule is Cc1cncc(C)c1.O=P(O)(O)O. The molecular weight excluding hydrogens is 193 g/mol. The third kappa shape index (κ3) is 11.3. The van der Waals surface area contributed by atoms with E-state index >= 15 is 0 Å². The lowest BCUT2D eigenvalue weighted by Gasteiger charge is -1.89. The first kappa shape index (κ1) is 12.3. The maximum Gasteiger partial charge on any atom is 0.466 e. The van der Waals surface area contributed by atoms with E-state index in [0.717, 1.165) is 0 Å². The van der Waals surface area contributed by atoms with Crippen LogP contribution in [0.3, 0.4) is 0 Å². The van der Waals surface area contributed by atoms with E-state index in [-0.39, 0.29) is 0 Å². The lowest BCUT2D eigenvalue weighted by Crippen LogP contribution is -1.76. The highest BCUT2D eigenvalue weighted by molar-refractivity contribution is 7.45. The predicted octanol–water partition coefficient (Wildman–Crippen LogP) is 0.770. The molecule has 1 heterocycles. The highest BCUT2D eigenvalue weighted by atomic mass is 31.2. The van der Waals surface area contributed by atoms with Gasteiger partial charge in [-0.3, -0.25) is 4.98 Å². The Bertz CT molecular complexity index is 284. The maximum absolute atomic E-state index is 8.88. The summed E-state index contributed by atoms with van der Waals surface area (Å²) < 4.78 is 8.88. The first-order valence-electron chi connectivity index (χ1n) is 3.45. The molecule has 13 heavy (non-hydrogen) atoms. The summed E-state index contributed by atoms with van der Waals surface area (Å²) >= 11 is 0. The Morgan fingerprint density at radius 1 is 1.15 bits per heavy atom. The number of aromatic nitrogens is 1. The Hall–Kier alpha value is -0.740. The molecule has 3 N–H and O–H groups in total. The summed E-state index contributed by atoms with van der Waals surface area (Å²) in [5.41, 5.74) is 2.45. The van der Waals surface area contributed by atoms with Crippen LogP contribution >= 0.6 is 7.82 Å². The Balaban J connectivity index is 0.000000252. The smallest absolute Gasteiger partial charge is 0.303 e. The Morgan fingerprint density at radius 2 is 1.46 bits per heavy atom. The fraction of sp³-hybridized carbons (Fsp3) is 0.286. The molecule has 74 valence electrons. The fourth-order valence-electron chi connectivity index (χ4n) is 0.706. The van der Waals surface area contributed by atoms with Gasteiger partial charge >= 0.3 is 7.82 Å². The van der Waals surface area contributed by atoms with E-state index in [2.05, 4.69) is 11.1 Å². The van der Waals surface area contributed by atoms with Gasteiger partial charge in [0.2, 0.25) is 0 Å². The van der Waals surface area contributed by atoms with E-state index in [1.807, 2.05) is 26.2 Å². The molecule has 0 spiro atoms. The second-order valence-corrected chi connectivity index (χ2v) is 3.58. The summed E-state index contributed by atoms with van der Waals surface area (Å²) in [6.07, 6.45) is 3.71. The largest absolute Gasteiger partial charge is 0.466 e. The van der Waals surface area contributed by atoms with E-state index in [0.29, 0.717) is 0 Å². The first-order chi connectivity index (χ1) is 5.79. The quantitative estimate of drug-likeness (QED) is 0.544. The minimum Gasteiger partial charge on any atom is -0.303 e. The van der Waals surface area contributed by atoms with Gasteiger partial charge in [-0.1, -0.05) is 6.07 Å². The van der Waals surface area contributed by atoms with Crippen molar-refractivity contribution in [3.8, 4) is 0 Å². The van der Waals surface area contributed by atoms with Gasteiger partial charge < -0.3 is 14.7 Å². The molecule has 0 fully saturated rings. The third-order valence-corrected chi connectivity index (χ3v) is 1.01. The van der Waals surface area contributed by atoms with Gasteiger partial charge in [0.15, 0.2) is 0 Å². The minimum absolute atomic E-state index is 1.23. The van der Waals surface area contributed by atoms with Gasteiger partial charge in [0.25, 0.3) is 0 Å². The molecule has 1 aromatic heterocycles. The molecule has 0 aliphatic carbocycles. The highest BCUT2D eigenvalue weighted by Gasteiger charge is 2.00. The molecular formula is C7H12NO4P. The molecule has 0 unspecified atom stereocenters. The molecule has 1 rings (SSSR count). The highest BCUT2D eigenvalue weighted by Crippen LogP contribution is 2.25. The zero-order valence-corrected chi connectivity index (χ0v) is 8.27. The molecule has 0 saturated heterocycles. The van der Waals surface area contributed by atoms with Crippen LogP contribution in [0.2, 0.25) is 0 Å². The summed E-state index contributed by atoms with van der Waals surface area (Å²) in [6.45, 7) is 4.08. The summed E-state index contributed by atoms with van der Waals surface area (Å²) in [4.78, 5) is 25.5. The normalized spacial score (nSPS) is 10.2. The van der Waals surface area contributed by atoms with E-state index in [4.69, 9.17) is 19.2 Å². The number of nitrogens with zero attached hydrogens (tertiary/aromatic N) is 1. The van der Waals surface area contributed by atoms with Gasteiger partial charge in [0.1, 0.15) is 0 Å². The molecule has 5 nitrogen and oxygen atoms in total. The van der Waals surface area contributed by atoms with Crippen molar-refractivity contribution in [2.75, 3.05) is 0 Å². The Morgan fingerprint density at radius 3 is 1.62 bits per heavy atom.